The van der Waals surface area contributed by atoms with Crippen LogP contribution in [0.1, 0.15) is 54.5 Å². The van der Waals surface area contributed by atoms with E-state index in [1.165, 1.54) is 25.0 Å². The lowest BCUT2D eigenvalue weighted by Crippen LogP contribution is -2.23. The highest BCUT2D eigenvalue weighted by Gasteiger charge is 2.49. The lowest BCUT2D eigenvalue weighted by atomic mass is 9.89. The van der Waals surface area contributed by atoms with E-state index >= 15 is 0 Å². The molecule has 27 heavy (non-hydrogen) atoms. The lowest BCUT2D eigenvalue weighted by molar-refractivity contribution is 0.324. The third kappa shape index (κ3) is 2.97. The van der Waals surface area contributed by atoms with Gasteiger partial charge in [0.2, 0.25) is 0 Å². The predicted octanol–water partition coefficient (Wildman–Crippen LogP) is 5.21. The van der Waals surface area contributed by atoms with Crippen molar-refractivity contribution in [2.75, 3.05) is 19.6 Å². The summed E-state index contributed by atoms with van der Waals surface area (Å²) in [4.78, 5) is 5.68. The van der Waals surface area contributed by atoms with E-state index < -0.39 is 17.6 Å². The molecule has 144 valence electrons. The third-order valence-corrected chi connectivity index (χ3v) is 7.07. The molecule has 1 aromatic heterocycles. The Morgan fingerprint density at radius 3 is 2.81 bits per heavy atom. The number of aromatic amines is 1. The maximum absolute atomic E-state index is 14.9. The Hall–Kier alpha value is -1.24. The molecule has 2 aliphatic heterocycles. The molecule has 2 fully saturated rings. The van der Waals surface area contributed by atoms with Gasteiger partial charge in [0.05, 0.1) is 5.02 Å². The fourth-order valence-corrected chi connectivity index (χ4v) is 5.43. The molecule has 3 nitrogen and oxygen atoms in total. The number of aromatic nitrogens is 2. The normalized spacial score (nSPS) is 24.9. The van der Waals surface area contributed by atoms with Crippen molar-refractivity contribution in [1.82, 2.24) is 14.5 Å². The summed E-state index contributed by atoms with van der Waals surface area (Å²) < 4.78 is 32.5. The minimum atomic E-state index is -0.646. The Balaban J connectivity index is 1.58. The fraction of sp³-hybridized carbons (Fsp3) is 0.550. The van der Waals surface area contributed by atoms with Crippen molar-refractivity contribution < 1.29 is 8.78 Å². The van der Waals surface area contributed by atoms with E-state index in [2.05, 4.69) is 14.5 Å². The van der Waals surface area contributed by atoms with Crippen LogP contribution >= 0.6 is 23.8 Å². The molecule has 3 heterocycles. The molecule has 3 unspecified atom stereocenters. The summed E-state index contributed by atoms with van der Waals surface area (Å²) in [5, 5.41) is -0.0312. The SMILES string of the molecule is Fc1ccc(Cl)c(F)c1C(CCN1CCCC1)c1[nH]c(=S)n2c1C1CC1C2. The minimum Gasteiger partial charge on any atom is -0.334 e. The van der Waals surface area contributed by atoms with Crippen LogP contribution in [0.3, 0.4) is 0 Å². The molecule has 0 bridgehead atoms. The van der Waals surface area contributed by atoms with Crippen LogP contribution in [-0.4, -0.2) is 34.1 Å². The molecule has 0 radical (unpaired) electrons. The van der Waals surface area contributed by atoms with Gasteiger partial charge in [0.25, 0.3) is 0 Å². The molecule has 3 atom stereocenters. The van der Waals surface area contributed by atoms with Gasteiger partial charge in [-0.2, -0.15) is 0 Å². The highest BCUT2D eigenvalue weighted by Crippen LogP contribution is 2.56. The van der Waals surface area contributed by atoms with E-state index in [1.807, 2.05) is 0 Å². The highest BCUT2D eigenvalue weighted by molar-refractivity contribution is 7.71. The Morgan fingerprint density at radius 2 is 2.04 bits per heavy atom. The van der Waals surface area contributed by atoms with Gasteiger partial charge in [-0.15, -0.1) is 0 Å². The van der Waals surface area contributed by atoms with Crippen LogP contribution in [0, 0.1) is 22.3 Å². The zero-order valence-electron chi connectivity index (χ0n) is 15.0. The Bertz CT molecular complexity index is 947. The fourth-order valence-electron chi connectivity index (χ4n) is 4.98. The van der Waals surface area contributed by atoms with Gasteiger partial charge in [-0.25, -0.2) is 8.78 Å². The number of fused-ring (bicyclic) bond motifs is 3. The molecule has 7 heteroatoms. The van der Waals surface area contributed by atoms with E-state index in [0.29, 0.717) is 23.0 Å². The molecular formula is C20H22ClF2N3S. The van der Waals surface area contributed by atoms with E-state index in [1.54, 1.807) is 0 Å². The number of nitrogens with one attached hydrogen (secondary N) is 1. The quantitative estimate of drug-likeness (QED) is 0.541. The van der Waals surface area contributed by atoms with Crippen molar-refractivity contribution in [1.29, 1.82) is 0 Å². The first kappa shape index (κ1) is 17.8. The summed E-state index contributed by atoms with van der Waals surface area (Å²) >= 11 is 11.5. The van der Waals surface area contributed by atoms with Crippen molar-refractivity contribution >= 4 is 23.8 Å². The highest BCUT2D eigenvalue weighted by atomic mass is 35.5. The van der Waals surface area contributed by atoms with E-state index in [4.69, 9.17) is 23.8 Å². The van der Waals surface area contributed by atoms with Crippen LogP contribution in [0.4, 0.5) is 8.78 Å². The Labute approximate surface area is 167 Å². The average Bonchev–Trinajstić information content (AvgIpc) is 3.02. The van der Waals surface area contributed by atoms with Gasteiger partial charge in [0.1, 0.15) is 11.6 Å². The third-order valence-electron chi connectivity index (χ3n) is 6.45. The van der Waals surface area contributed by atoms with Crippen molar-refractivity contribution in [2.24, 2.45) is 5.92 Å². The number of nitrogens with zero attached hydrogens (tertiary/aromatic N) is 2. The summed E-state index contributed by atoms with van der Waals surface area (Å²) in [5.41, 5.74) is 2.13. The van der Waals surface area contributed by atoms with Crippen LogP contribution in [0.25, 0.3) is 0 Å². The van der Waals surface area contributed by atoms with E-state index in [-0.39, 0.29) is 10.6 Å². The molecular weight excluding hydrogens is 388 g/mol. The summed E-state index contributed by atoms with van der Waals surface area (Å²) in [6, 6.07) is 2.56. The van der Waals surface area contributed by atoms with Crippen LogP contribution in [0.5, 0.6) is 0 Å². The van der Waals surface area contributed by atoms with Gasteiger partial charge in [-0.05, 0) is 75.6 Å². The second kappa shape index (κ2) is 6.68. The monoisotopic (exact) mass is 409 g/mol. The zero-order valence-corrected chi connectivity index (χ0v) is 16.6. The average molecular weight is 410 g/mol. The molecule has 1 saturated carbocycles. The van der Waals surface area contributed by atoms with E-state index in [9.17, 15) is 8.78 Å². The number of H-pyrrole nitrogens is 1. The number of hydrogen-bond donors (Lipinski definition) is 1. The molecule has 1 saturated heterocycles. The smallest absolute Gasteiger partial charge is 0.177 e. The zero-order chi connectivity index (χ0) is 18.7. The topological polar surface area (TPSA) is 24.0 Å². The van der Waals surface area contributed by atoms with Gasteiger partial charge < -0.3 is 14.5 Å². The Kier molecular flexibility index (Phi) is 4.41. The first-order valence-electron chi connectivity index (χ1n) is 9.73. The molecule has 1 aromatic carbocycles. The molecule has 3 aliphatic rings. The standard InChI is InChI=1S/C20H22ClF2N3S/c21-14-3-4-15(22)16(17(14)23)12(5-8-25-6-1-2-7-25)18-19-13-9-11(13)10-26(19)20(27)24-18/h3-4,11-13H,1-2,5-10H2,(H,24,27). The van der Waals surface area contributed by atoms with E-state index in [0.717, 1.165) is 44.0 Å². The van der Waals surface area contributed by atoms with Gasteiger partial charge in [-0.1, -0.05) is 11.6 Å². The summed E-state index contributed by atoms with van der Waals surface area (Å²) in [7, 11) is 0. The Morgan fingerprint density at radius 1 is 1.26 bits per heavy atom. The molecule has 1 N–H and O–H groups in total. The molecule has 0 amide bonds. The maximum Gasteiger partial charge on any atom is 0.177 e. The summed E-state index contributed by atoms with van der Waals surface area (Å²) in [5.74, 6) is -0.460. The largest absolute Gasteiger partial charge is 0.334 e. The minimum absolute atomic E-state index is 0.0312. The number of rotatable bonds is 5. The van der Waals surface area contributed by atoms with Crippen LogP contribution in [-0.2, 0) is 6.54 Å². The first-order valence-corrected chi connectivity index (χ1v) is 10.5. The summed E-state index contributed by atoms with van der Waals surface area (Å²) in [6.45, 7) is 3.85. The van der Waals surface area contributed by atoms with Gasteiger partial charge in [0, 0.05) is 35.3 Å². The predicted molar refractivity (Wildman–Crippen MR) is 104 cm³/mol. The summed E-state index contributed by atoms with van der Waals surface area (Å²) in [6.07, 6.45) is 4.18. The number of likely N-dealkylation sites (tertiary alicyclic amines) is 1. The van der Waals surface area contributed by atoms with Gasteiger partial charge in [-0.3, -0.25) is 0 Å². The maximum atomic E-state index is 14.9. The van der Waals surface area contributed by atoms with Crippen LogP contribution in [0.2, 0.25) is 5.02 Å². The number of hydrogen-bond acceptors (Lipinski definition) is 2. The van der Waals surface area contributed by atoms with Crippen LogP contribution < -0.4 is 0 Å². The molecule has 5 rings (SSSR count). The number of imidazole rings is 1. The molecule has 2 aromatic rings. The van der Waals surface area contributed by atoms with Crippen molar-refractivity contribution in [2.45, 2.75) is 44.1 Å². The lowest BCUT2D eigenvalue weighted by Gasteiger charge is -2.23. The second-order valence-corrected chi connectivity index (χ2v) is 8.88. The van der Waals surface area contributed by atoms with Gasteiger partial charge in [0.15, 0.2) is 4.77 Å². The van der Waals surface area contributed by atoms with Crippen molar-refractivity contribution in [3.05, 3.63) is 50.5 Å². The molecule has 1 aliphatic carbocycles. The number of benzene rings is 1. The first-order chi connectivity index (χ1) is 13.0. The van der Waals surface area contributed by atoms with Gasteiger partial charge >= 0.3 is 0 Å². The molecule has 0 spiro atoms. The van der Waals surface area contributed by atoms with Crippen molar-refractivity contribution in [3.63, 3.8) is 0 Å². The number of halogens is 3. The van der Waals surface area contributed by atoms with Crippen molar-refractivity contribution in [3.8, 4) is 0 Å². The second-order valence-electron chi connectivity index (χ2n) is 8.09. The van der Waals surface area contributed by atoms with Crippen LogP contribution in [0.15, 0.2) is 12.1 Å².